The van der Waals surface area contributed by atoms with Crippen molar-refractivity contribution >= 4 is 15.9 Å². The first-order valence-corrected chi connectivity index (χ1v) is 2.83. The molecule has 44 valence electrons. The molecule has 1 aromatic rings. The molecule has 0 aromatic carbocycles. The fourth-order valence-corrected chi connectivity index (χ4v) is 0.741. The molecule has 0 atom stereocenters. The molecule has 0 saturated heterocycles. The molecule has 0 radical (unpaired) electrons. The van der Waals surface area contributed by atoms with Gasteiger partial charge in [-0.15, -0.1) is 0 Å². The van der Waals surface area contributed by atoms with Crippen molar-refractivity contribution in [2.45, 2.75) is 6.85 Å². The number of hydrogen-bond acceptors (Lipinski definition) is 1. The van der Waals surface area contributed by atoms with Gasteiger partial charge in [-0.3, -0.25) is 4.68 Å². The Bertz CT molecular complexity index is 303. The Kier molecular flexibility index (Phi) is 0.597. The predicted octanol–water partition coefficient (Wildman–Crippen LogP) is 1.49. The van der Waals surface area contributed by atoms with E-state index in [9.17, 15) is 0 Å². The average molecular weight is 179 g/mol. The molecule has 3 heteroatoms. The number of nitrogens with zero attached hydrogens (tertiary/aromatic N) is 2. The Morgan fingerprint density at radius 3 is 3.12 bits per heavy atom. The molecule has 0 saturated carbocycles. The summed E-state index contributed by atoms with van der Waals surface area (Å²) in [6.45, 7) is -2.27. The van der Waals surface area contributed by atoms with Gasteiger partial charge >= 0.3 is 0 Å². The van der Waals surface area contributed by atoms with E-state index in [1.54, 1.807) is 0 Å². The Morgan fingerprint density at radius 2 is 2.88 bits per heavy atom. The van der Waals surface area contributed by atoms with E-state index in [2.05, 4.69) is 21.0 Å². The van der Waals surface area contributed by atoms with Gasteiger partial charge < -0.3 is 0 Å². The van der Waals surface area contributed by atoms with Gasteiger partial charge in [0.2, 0.25) is 0 Å². The van der Waals surface area contributed by atoms with Crippen molar-refractivity contribution in [2.75, 3.05) is 0 Å². The zero-order chi connectivity index (χ0) is 9.52. The average Bonchev–Trinajstić information content (AvgIpc) is 2.05. The molecular weight excluding hydrogens is 168 g/mol. The molecule has 1 rings (SSSR count). The molecule has 0 spiro atoms. The molecular formula is C5H7BrN2. The molecule has 0 amide bonds. The second-order valence-corrected chi connectivity index (χ2v) is 2.15. The summed E-state index contributed by atoms with van der Waals surface area (Å²) in [6.07, 6.45) is -0.0816. The summed E-state index contributed by atoms with van der Waals surface area (Å²) in [4.78, 5) is 0. The smallest absolute Gasteiger partial charge is 0.131 e. The van der Waals surface area contributed by atoms with Crippen LogP contribution in [0.2, 0.25) is 0 Å². The van der Waals surface area contributed by atoms with Crippen molar-refractivity contribution in [3.05, 3.63) is 16.3 Å². The lowest BCUT2D eigenvalue weighted by molar-refractivity contribution is 0.760. The number of aryl methyl sites for hydroxylation is 1. The molecule has 0 aliphatic carbocycles. The fourth-order valence-electron chi connectivity index (χ4n) is 0.415. The van der Waals surface area contributed by atoms with Gasteiger partial charge in [-0.2, -0.15) is 5.10 Å². The van der Waals surface area contributed by atoms with E-state index in [0.717, 1.165) is 0 Å². The maximum Gasteiger partial charge on any atom is 0.131 e. The summed E-state index contributed by atoms with van der Waals surface area (Å²) in [7, 11) is 1.53. The van der Waals surface area contributed by atoms with Gasteiger partial charge in [0.25, 0.3) is 0 Å². The lowest BCUT2D eigenvalue weighted by Gasteiger charge is -1.78. The highest BCUT2D eigenvalue weighted by Crippen LogP contribution is 2.10. The summed E-state index contributed by atoms with van der Waals surface area (Å²) in [5, 5.41) is 3.76. The zero-order valence-corrected chi connectivity index (χ0v) is 5.86. The topological polar surface area (TPSA) is 17.8 Å². The van der Waals surface area contributed by atoms with Crippen LogP contribution in [0.15, 0.2) is 10.8 Å². The van der Waals surface area contributed by atoms with Gasteiger partial charge in [0.15, 0.2) is 0 Å². The van der Waals surface area contributed by atoms with Gasteiger partial charge in [-0.05, 0) is 22.8 Å². The van der Waals surface area contributed by atoms with E-state index in [1.807, 2.05) is 0 Å². The van der Waals surface area contributed by atoms with Crippen molar-refractivity contribution in [3.63, 3.8) is 0 Å². The minimum atomic E-state index is -2.27. The number of halogens is 1. The predicted molar refractivity (Wildman–Crippen MR) is 35.6 cm³/mol. The Balaban J connectivity index is 3.32. The third-order valence-electron chi connectivity index (χ3n) is 0.718. The van der Waals surface area contributed by atoms with Crippen LogP contribution in [-0.2, 0) is 7.05 Å². The third kappa shape index (κ3) is 0.916. The molecule has 0 fully saturated rings. The molecule has 1 heterocycles. The van der Waals surface area contributed by atoms with Crippen LogP contribution in [0.5, 0.6) is 0 Å². The quantitative estimate of drug-likeness (QED) is 0.589. The Labute approximate surface area is 62.3 Å². The highest BCUT2D eigenvalue weighted by molar-refractivity contribution is 9.10. The number of aromatic nitrogens is 2. The lowest BCUT2D eigenvalue weighted by Crippen LogP contribution is -1.84. The molecule has 0 N–H and O–H groups in total. The fraction of sp³-hybridized carbons (Fsp3) is 0.400. The van der Waals surface area contributed by atoms with Crippen LogP contribution in [0, 0.1) is 6.85 Å². The first-order chi connectivity index (χ1) is 5.34. The van der Waals surface area contributed by atoms with E-state index >= 15 is 0 Å². The van der Waals surface area contributed by atoms with Gasteiger partial charge in [-0.25, -0.2) is 0 Å². The summed E-state index contributed by atoms with van der Waals surface area (Å²) in [5.41, 5.74) is -0.0370. The molecule has 1 aromatic heterocycles. The summed E-state index contributed by atoms with van der Waals surface area (Å²) >= 11 is 2.99. The molecule has 0 aliphatic heterocycles. The normalized spacial score (nSPS) is 18.8. The first-order valence-electron chi connectivity index (χ1n) is 4.03. The molecule has 2 nitrogen and oxygen atoms in total. The minimum absolute atomic E-state index is 0.0370. The third-order valence-corrected chi connectivity index (χ3v) is 1.27. The van der Waals surface area contributed by atoms with Crippen molar-refractivity contribution < 1.29 is 5.48 Å². The summed E-state index contributed by atoms with van der Waals surface area (Å²) in [5.74, 6) is 0. The Hall–Kier alpha value is -0.310. The number of rotatable bonds is 0. The van der Waals surface area contributed by atoms with Crippen LogP contribution in [0.3, 0.4) is 0 Å². The van der Waals surface area contributed by atoms with E-state index in [4.69, 9.17) is 5.48 Å². The van der Waals surface area contributed by atoms with Gasteiger partial charge in [0, 0.05) is 22.9 Å². The minimum Gasteiger partial charge on any atom is -0.274 e. The summed E-state index contributed by atoms with van der Waals surface area (Å²) < 4.78 is 30.1. The van der Waals surface area contributed by atoms with Crippen molar-refractivity contribution in [3.8, 4) is 0 Å². The van der Waals surface area contributed by atoms with Crippen LogP contribution in [0.25, 0.3) is 0 Å². The highest BCUT2D eigenvalue weighted by atomic mass is 79.9. The van der Waals surface area contributed by atoms with Crippen LogP contribution in [-0.4, -0.2) is 9.78 Å². The van der Waals surface area contributed by atoms with Crippen molar-refractivity contribution in [2.24, 2.45) is 7.05 Å². The van der Waals surface area contributed by atoms with Gasteiger partial charge in [-0.1, -0.05) is 0 Å². The van der Waals surface area contributed by atoms with Crippen LogP contribution < -0.4 is 0 Å². The highest BCUT2D eigenvalue weighted by Gasteiger charge is 1.94. The van der Waals surface area contributed by atoms with Crippen molar-refractivity contribution in [1.29, 1.82) is 0 Å². The lowest BCUT2D eigenvalue weighted by atomic mass is 10.4. The van der Waals surface area contributed by atoms with Crippen LogP contribution >= 0.6 is 15.9 Å². The monoisotopic (exact) mass is 178 g/mol. The zero-order valence-electron chi connectivity index (χ0n) is 8.27. The largest absolute Gasteiger partial charge is 0.274 e. The molecule has 8 heavy (non-hydrogen) atoms. The van der Waals surface area contributed by atoms with E-state index in [-0.39, 0.29) is 16.3 Å². The molecule has 0 aliphatic rings. The maximum absolute atomic E-state index is 7.38. The van der Waals surface area contributed by atoms with Gasteiger partial charge in [0.1, 0.15) is 4.60 Å². The Morgan fingerprint density at radius 1 is 2.12 bits per heavy atom. The van der Waals surface area contributed by atoms with Crippen molar-refractivity contribution in [1.82, 2.24) is 9.78 Å². The van der Waals surface area contributed by atoms with E-state index < -0.39 is 6.85 Å². The molecule has 0 bridgehead atoms. The van der Waals surface area contributed by atoms with Crippen LogP contribution in [0.1, 0.15) is 11.0 Å². The maximum atomic E-state index is 7.38. The molecule has 0 unspecified atom stereocenters. The second-order valence-electron chi connectivity index (χ2n) is 1.40. The van der Waals surface area contributed by atoms with Gasteiger partial charge in [0.05, 0.1) is 1.37 Å². The standard InChI is InChI=1S/C5H7BrN2/c1-4-3-8(2)7-5(4)6/h3H,1-2H3/i1D3,3D. The first kappa shape index (κ1) is 2.52. The second kappa shape index (κ2) is 1.90. The van der Waals surface area contributed by atoms with E-state index in [0.29, 0.717) is 0 Å². The van der Waals surface area contributed by atoms with Crippen LogP contribution in [0.4, 0.5) is 0 Å². The number of hydrogen-bond donors (Lipinski definition) is 0. The van der Waals surface area contributed by atoms with E-state index in [1.165, 1.54) is 11.7 Å². The SMILES string of the molecule is [2H]c1c(C([2H])([2H])[2H])c(Br)nn1C. The summed E-state index contributed by atoms with van der Waals surface area (Å²) in [6, 6.07) is 0.